The van der Waals surface area contributed by atoms with Gasteiger partial charge in [0, 0.05) is 10.5 Å². The number of rotatable bonds is 8. The lowest BCUT2D eigenvalue weighted by molar-refractivity contribution is 0.104. The second-order valence-corrected chi connectivity index (χ2v) is 6.41. The predicted molar refractivity (Wildman–Crippen MR) is 102 cm³/mol. The summed E-state index contributed by atoms with van der Waals surface area (Å²) >= 11 is 1.74. The van der Waals surface area contributed by atoms with Crippen LogP contribution >= 0.6 is 11.8 Å². The van der Waals surface area contributed by atoms with Crippen molar-refractivity contribution in [3.05, 3.63) is 53.6 Å². The Bertz CT molecular complexity index is 751. The van der Waals surface area contributed by atoms with E-state index in [-0.39, 0.29) is 5.78 Å². The highest BCUT2D eigenvalue weighted by atomic mass is 32.2. The Morgan fingerprint density at radius 1 is 0.960 bits per heavy atom. The van der Waals surface area contributed by atoms with Crippen LogP contribution in [0, 0.1) is 0 Å². The zero-order valence-electron chi connectivity index (χ0n) is 14.9. The molecule has 2 rings (SSSR count). The molecule has 0 saturated carbocycles. The van der Waals surface area contributed by atoms with Gasteiger partial charge in [-0.15, -0.1) is 11.8 Å². The van der Waals surface area contributed by atoms with Gasteiger partial charge in [0.2, 0.25) is 0 Å². The SMILES string of the molecule is CCSc1ccc(C(=O)/C=C/c2c(OC)ccc(OC)c2OC)cc1. The molecule has 132 valence electrons. The van der Waals surface area contributed by atoms with E-state index < -0.39 is 0 Å². The third-order valence-electron chi connectivity index (χ3n) is 3.62. The van der Waals surface area contributed by atoms with Crippen molar-refractivity contribution >= 4 is 23.6 Å². The number of hydrogen-bond donors (Lipinski definition) is 0. The molecule has 0 aliphatic heterocycles. The third-order valence-corrected chi connectivity index (χ3v) is 4.51. The number of ketones is 1. The molecule has 25 heavy (non-hydrogen) atoms. The summed E-state index contributed by atoms with van der Waals surface area (Å²) in [5.74, 6) is 2.64. The molecule has 0 aliphatic rings. The second-order valence-electron chi connectivity index (χ2n) is 5.07. The summed E-state index contributed by atoms with van der Waals surface area (Å²) in [6.45, 7) is 2.10. The van der Waals surface area contributed by atoms with Crippen molar-refractivity contribution in [2.45, 2.75) is 11.8 Å². The smallest absolute Gasteiger partial charge is 0.185 e. The Morgan fingerprint density at radius 2 is 1.60 bits per heavy atom. The molecule has 0 aromatic heterocycles. The highest BCUT2D eigenvalue weighted by Crippen LogP contribution is 2.38. The molecule has 0 fully saturated rings. The van der Waals surface area contributed by atoms with E-state index in [1.54, 1.807) is 51.3 Å². The van der Waals surface area contributed by atoms with E-state index >= 15 is 0 Å². The summed E-state index contributed by atoms with van der Waals surface area (Å²) in [6.07, 6.45) is 3.21. The molecule has 0 spiro atoms. The van der Waals surface area contributed by atoms with Crippen molar-refractivity contribution in [3.63, 3.8) is 0 Å². The van der Waals surface area contributed by atoms with Crippen molar-refractivity contribution in [2.24, 2.45) is 0 Å². The van der Waals surface area contributed by atoms with Crippen LogP contribution in [0.15, 0.2) is 47.4 Å². The molecule has 0 N–H and O–H groups in total. The van der Waals surface area contributed by atoms with Gasteiger partial charge in [0.15, 0.2) is 17.3 Å². The van der Waals surface area contributed by atoms with Crippen LogP contribution in [0.4, 0.5) is 0 Å². The van der Waals surface area contributed by atoms with Crippen LogP contribution in [0.5, 0.6) is 17.2 Å². The van der Waals surface area contributed by atoms with E-state index in [9.17, 15) is 4.79 Å². The highest BCUT2D eigenvalue weighted by molar-refractivity contribution is 7.99. The molecular weight excluding hydrogens is 336 g/mol. The summed E-state index contributed by atoms with van der Waals surface area (Å²) in [7, 11) is 4.70. The van der Waals surface area contributed by atoms with Gasteiger partial charge in [-0.1, -0.05) is 6.92 Å². The van der Waals surface area contributed by atoms with E-state index in [0.717, 1.165) is 10.6 Å². The fourth-order valence-electron chi connectivity index (χ4n) is 2.41. The van der Waals surface area contributed by atoms with Crippen molar-refractivity contribution in [2.75, 3.05) is 27.1 Å². The molecular formula is C20H22O4S. The zero-order valence-corrected chi connectivity index (χ0v) is 15.7. The zero-order chi connectivity index (χ0) is 18.2. The van der Waals surface area contributed by atoms with Crippen LogP contribution in [-0.4, -0.2) is 32.9 Å². The summed E-state index contributed by atoms with van der Waals surface area (Å²) < 4.78 is 16.1. The number of methoxy groups -OCH3 is 3. The Kier molecular flexibility index (Phi) is 6.95. The van der Waals surface area contributed by atoms with Crippen LogP contribution in [0.3, 0.4) is 0 Å². The Labute approximate surface area is 152 Å². The van der Waals surface area contributed by atoms with Gasteiger partial charge in [0.25, 0.3) is 0 Å². The minimum Gasteiger partial charge on any atom is -0.496 e. The molecule has 0 unspecified atom stereocenters. The van der Waals surface area contributed by atoms with Crippen molar-refractivity contribution in [3.8, 4) is 17.2 Å². The molecule has 2 aromatic carbocycles. The number of thioether (sulfide) groups is 1. The van der Waals surface area contributed by atoms with Gasteiger partial charge in [-0.3, -0.25) is 4.79 Å². The quantitative estimate of drug-likeness (QED) is 0.388. The largest absolute Gasteiger partial charge is 0.496 e. The lowest BCUT2D eigenvalue weighted by atomic mass is 10.1. The third kappa shape index (κ3) is 4.57. The molecule has 2 aromatic rings. The summed E-state index contributed by atoms with van der Waals surface area (Å²) in [5.41, 5.74) is 1.30. The number of benzene rings is 2. The minimum atomic E-state index is -0.0834. The van der Waals surface area contributed by atoms with Crippen LogP contribution in [0.25, 0.3) is 6.08 Å². The molecule has 0 saturated heterocycles. The predicted octanol–water partition coefficient (Wildman–Crippen LogP) is 4.72. The number of hydrogen-bond acceptors (Lipinski definition) is 5. The number of allylic oxidation sites excluding steroid dienone is 1. The lowest BCUT2D eigenvalue weighted by Gasteiger charge is -2.13. The first-order valence-corrected chi connectivity index (χ1v) is 8.87. The normalized spacial score (nSPS) is 10.7. The number of ether oxygens (including phenoxy) is 3. The fourth-order valence-corrected chi connectivity index (χ4v) is 3.07. The molecule has 0 heterocycles. The average molecular weight is 358 g/mol. The first-order valence-electron chi connectivity index (χ1n) is 7.88. The number of carbonyl (C=O) groups is 1. The van der Waals surface area contributed by atoms with Gasteiger partial charge in [0.1, 0.15) is 5.75 Å². The molecule has 0 bridgehead atoms. The summed E-state index contributed by atoms with van der Waals surface area (Å²) in [4.78, 5) is 13.6. The molecule has 4 nitrogen and oxygen atoms in total. The van der Waals surface area contributed by atoms with E-state index in [1.165, 1.54) is 6.08 Å². The standard InChI is InChI=1S/C20H22O4S/c1-5-25-15-8-6-14(7-9-15)17(21)11-10-16-18(22-2)12-13-19(23-3)20(16)24-4/h6-13H,5H2,1-4H3/b11-10+. The van der Waals surface area contributed by atoms with E-state index in [2.05, 4.69) is 6.92 Å². The van der Waals surface area contributed by atoms with Gasteiger partial charge in [-0.25, -0.2) is 0 Å². The van der Waals surface area contributed by atoms with Crippen molar-refractivity contribution in [1.29, 1.82) is 0 Å². The molecule has 0 atom stereocenters. The summed E-state index contributed by atoms with van der Waals surface area (Å²) in [6, 6.07) is 11.1. The number of carbonyl (C=O) groups excluding carboxylic acids is 1. The lowest BCUT2D eigenvalue weighted by Crippen LogP contribution is -1.98. The van der Waals surface area contributed by atoms with Gasteiger partial charge in [0.05, 0.1) is 26.9 Å². The Morgan fingerprint density at radius 3 is 2.16 bits per heavy atom. The maximum atomic E-state index is 12.4. The van der Waals surface area contributed by atoms with Crippen molar-refractivity contribution in [1.82, 2.24) is 0 Å². The van der Waals surface area contributed by atoms with Gasteiger partial charge in [-0.05, 0) is 54.3 Å². The first-order chi connectivity index (χ1) is 12.1. The van der Waals surface area contributed by atoms with Gasteiger partial charge < -0.3 is 14.2 Å². The van der Waals surface area contributed by atoms with Crippen LogP contribution in [0.2, 0.25) is 0 Å². The maximum Gasteiger partial charge on any atom is 0.185 e. The van der Waals surface area contributed by atoms with Crippen LogP contribution < -0.4 is 14.2 Å². The van der Waals surface area contributed by atoms with Crippen LogP contribution in [0.1, 0.15) is 22.8 Å². The van der Waals surface area contributed by atoms with E-state index in [0.29, 0.717) is 28.4 Å². The van der Waals surface area contributed by atoms with E-state index in [4.69, 9.17) is 14.2 Å². The molecule has 0 aliphatic carbocycles. The van der Waals surface area contributed by atoms with Gasteiger partial charge >= 0.3 is 0 Å². The molecule has 0 amide bonds. The highest BCUT2D eigenvalue weighted by Gasteiger charge is 2.14. The van der Waals surface area contributed by atoms with Gasteiger partial charge in [-0.2, -0.15) is 0 Å². The van der Waals surface area contributed by atoms with E-state index in [1.807, 2.05) is 24.3 Å². The molecule has 0 radical (unpaired) electrons. The summed E-state index contributed by atoms with van der Waals surface area (Å²) in [5, 5.41) is 0. The minimum absolute atomic E-state index is 0.0834. The maximum absolute atomic E-state index is 12.4. The Balaban J connectivity index is 2.29. The topological polar surface area (TPSA) is 44.8 Å². The van der Waals surface area contributed by atoms with Crippen molar-refractivity contribution < 1.29 is 19.0 Å². The fraction of sp³-hybridized carbons (Fsp3) is 0.250. The Hall–Kier alpha value is -2.40. The average Bonchev–Trinajstić information content (AvgIpc) is 2.65. The van der Waals surface area contributed by atoms with Crippen LogP contribution in [-0.2, 0) is 0 Å². The monoisotopic (exact) mass is 358 g/mol. The molecule has 5 heteroatoms. The second kappa shape index (κ2) is 9.18. The first kappa shape index (κ1) is 18.9.